The Morgan fingerprint density at radius 3 is 1.47 bits per heavy atom. The number of benzene rings is 2. The predicted octanol–water partition coefficient (Wildman–Crippen LogP) is 7.58. The van der Waals surface area contributed by atoms with E-state index in [2.05, 4.69) is 115 Å². The molecule has 1 fully saturated rings. The second-order valence-electron chi connectivity index (χ2n) is 10.1. The molecular weight excluding hydrogens is 364 g/mol. The van der Waals surface area contributed by atoms with Crippen LogP contribution in [0.5, 0.6) is 0 Å². The van der Waals surface area contributed by atoms with E-state index in [4.69, 9.17) is 0 Å². The Morgan fingerprint density at radius 2 is 1.10 bits per heavy atom. The lowest BCUT2D eigenvalue weighted by Gasteiger charge is -2.28. The van der Waals surface area contributed by atoms with Crippen LogP contribution in [0.15, 0.2) is 42.5 Å². The zero-order valence-corrected chi connectivity index (χ0v) is 20.9. The van der Waals surface area contributed by atoms with Gasteiger partial charge in [0.1, 0.15) is 0 Å². The van der Waals surface area contributed by atoms with Crippen LogP contribution in [0.25, 0.3) is 0 Å². The highest BCUT2D eigenvalue weighted by Gasteiger charge is 2.23. The van der Waals surface area contributed by atoms with E-state index >= 15 is 0 Å². The minimum Gasteiger partial charge on any atom is -0.357 e. The van der Waals surface area contributed by atoms with Gasteiger partial charge in [0.2, 0.25) is 0 Å². The van der Waals surface area contributed by atoms with Crippen LogP contribution in [0.2, 0.25) is 0 Å². The first-order valence-electron chi connectivity index (χ1n) is 11.8. The van der Waals surface area contributed by atoms with Crippen molar-refractivity contribution < 1.29 is 0 Å². The molecule has 3 rings (SSSR count). The zero-order chi connectivity index (χ0) is 22.4. The minimum atomic E-state index is 0.588. The number of nitrogens with zero attached hydrogens (tertiary/aromatic N) is 2. The monoisotopic (exact) mass is 408 g/mol. The normalized spacial score (nSPS) is 14.8. The summed E-state index contributed by atoms with van der Waals surface area (Å²) in [5, 5.41) is 0. The van der Waals surface area contributed by atoms with Crippen LogP contribution in [-0.4, -0.2) is 31.7 Å². The van der Waals surface area contributed by atoms with Gasteiger partial charge in [0.25, 0.3) is 0 Å². The summed E-state index contributed by atoms with van der Waals surface area (Å²) in [4.78, 5) is 4.94. The fraction of sp³-hybridized carbons (Fsp3) is 0.571. The predicted molar refractivity (Wildman–Crippen MR) is 134 cm³/mol. The van der Waals surface area contributed by atoms with Crippen molar-refractivity contribution >= 4 is 5.69 Å². The third-order valence-corrected chi connectivity index (χ3v) is 6.07. The van der Waals surface area contributed by atoms with Crippen LogP contribution < -0.4 is 4.90 Å². The Kier molecular flexibility index (Phi) is 8.97. The third kappa shape index (κ3) is 6.35. The van der Waals surface area contributed by atoms with Crippen molar-refractivity contribution in [3.8, 4) is 0 Å². The van der Waals surface area contributed by atoms with Gasteiger partial charge in [0, 0.05) is 18.8 Å². The molecule has 0 aliphatic carbocycles. The van der Waals surface area contributed by atoms with Crippen LogP contribution in [0, 0.1) is 0 Å². The molecule has 1 aliphatic heterocycles. The molecule has 0 aromatic heterocycles. The zero-order valence-electron chi connectivity index (χ0n) is 20.9. The Balaban J connectivity index is 0.000000232. The van der Waals surface area contributed by atoms with Crippen molar-refractivity contribution in [1.82, 2.24) is 4.90 Å². The molecule has 2 aromatic carbocycles. The lowest BCUT2D eigenvalue weighted by Crippen LogP contribution is -2.25. The summed E-state index contributed by atoms with van der Waals surface area (Å²) in [6.45, 7) is 21.5. The molecule has 0 atom stereocenters. The van der Waals surface area contributed by atoms with Gasteiger partial charge < -0.3 is 4.90 Å². The molecule has 2 aromatic rings. The Bertz CT molecular complexity index is 739. The van der Waals surface area contributed by atoms with E-state index in [1.165, 1.54) is 34.5 Å². The molecule has 0 bridgehead atoms. The van der Waals surface area contributed by atoms with Crippen LogP contribution in [0.3, 0.4) is 0 Å². The fourth-order valence-corrected chi connectivity index (χ4v) is 4.06. The topological polar surface area (TPSA) is 6.48 Å². The average molecular weight is 409 g/mol. The van der Waals surface area contributed by atoms with E-state index in [0.29, 0.717) is 23.7 Å². The van der Waals surface area contributed by atoms with Gasteiger partial charge in [-0.3, -0.25) is 4.90 Å². The summed E-state index contributed by atoms with van der Waals surface area (Å²) in [5.74, 6) is 2.46. The summed E-state index contributed by atoms with van der Waals surface area (Å²) in [6, 6.07) is 15.7. The highest BCUT2D eigenvalue weighted by atomic mass is 15.4. The largest absolute Gasteiger partial charge is 0.357 e. The second kappa shape index (κ2) is 11.0. The first-order valence-corrected chi connectivity index (χ1v) is 11.8. The first kappa shape index (κ1) is 24.5. The highest BCUT2D eigenvalue weighted by molar-refractivity contribution is 5.62. The molecule has 30 heavy (non-hydrogen) atoms. The van der Waals surface area contributed by atoms with E-state index < -0.39 is 0 Å². The Labute approximate surface area is 186 Å². The molecule has 2 nitrogen and oxygen atoms in total. The summed E-state index contributed by atoms with van der Waals surface area (Å²) < 4.78 is 0. The van der Waals surface area contributed by atoms with Gasteiger partial charge in [-0.15, -0.1) is 0 Å². The van der Waals surface area contributed by atoms with Crippen LogP contribution in [-0.2, 0) is 0 Å². The smallest absolute Gasteiger partial charge is 0.0706 e. The van der Waals surface area contributed by atoms with E-state index in [0.717, 1.165) is 13.2 Å². The Hall–Kier alpha value is -1.80. The number of likely N-dealkylation sites (N-methyl/N-ethyl adjacent to an activating group) is 1. The van der Waals surface area contributed by atoms with Crippen molar-refractivity contribution in [2.24, 2.45) is 0 Å². The van der Waals surface area contributed by atoms with Crippen molar-refractivity contribution in [3.63, 3.8) is 0 Å². The van der Waals surface area contributed by atoms with Gasteiger partial charge in [0.15, 0.2) is 0 Å². The van der Waals surface area contributed by atoms with Crippen molar-refractivity contribution in [1.29, 1.82) is 0 Å². The average Bonchev–Trinajstić information content (AvgIpc) is 3.13. The Morgan fingerprint density at radius 1 is 0.633 bits per heavy atom. The molecule has 166 valence electrons. The molecule has 0 radical (unpaired) electrons. The van der Waals surface area contributed by atoms with Crippen LogP contribution >= 0.6 is 0 Å². The standard InChI is InChI=1S/C16H26N2.C12H18/c1-12(2)14-7-6-8-15(13(3)4)16(14)18-10-9-17(5)11-18;1-9(2)11-6-5-7-12(8-11)10(3)4/h6-8,12-13H,9-11H2,1-5H3;5-10H,1-4H3. The van der Waals surface area contributed by atoms with Crippen molar-refractivity contribution in [2.45, 2.75) is 79.1 Å². The van der Waals surface area contributed by atoms with Gasteiger partial charge in [-0.2, -0.15) is 0 Å². The van der Waals surface area contributed by atoms with Crippen LogP contribution in [0.1, 0.15) is 101 Å². The third-order valence-electron chi connectivity index (χ3n) is 6.07. The maximum absolute atomic E-state index is 2.55. The molecule has 1 aliphatic rings. The number of rotatable bonds is 5. The fourth-order valence-electron chi connectivity index (χ4n) is 4.06. The van der Waals surface area contributed by atoms with Crippen LogP contribution in [0.4, 0.5) is 5.69 Å². The van der Waals surface area contributed by atoms with Gasteiger partial charge in [-0.05, 0) is 53.0 Å². The molecule has 0 spiro atoms. The lowest BCUT2D eigenvalue weighted by atomic mass is 9.92. The minimum absolute atomic E-state index is 0.588. The molecular formula is C28H44N2. The maximum Gasteiger partial charge on any atom is 0.0706 e. The molecule has 0 unspecified atom stereocenters. The van der Waals surface area contributed by atoms with Crippen molar-refractivity contribution in [3.05, 3.63) is 64.7 Å². The molecule has 1 heterocycles. The summed E-state index contributed by atoms with van der Waals surface area (Å²) >= 11 is 0. The van der Waals surface area contributed by atoms with Gasteiger partial charge in [0.05, 0.1) is 6.67 Å². The SMILES string of the molecule is CC(C)c1cccc(C(C)C)c1.CC(C)c1cccc(C(C)C)c1N1CCN(C)C1. The summed E-state index contributed by atoms with van der Waals surface area (Å²) in [7, 11) is 2.20. The highest BCUT2D eigenvalue weighted by Crippen LogP contribution is 2.36. The quantitative estimate of drug-likeness (QED) is 0.503. The van der Waals surface area contributed by atoms with Gasteiger partial charge >= 0.3 is 0 Å². The summed E-state index contributed by atoms with van der Waals surface area (Å²) in [5.41, 5.74) is 7.38. The maximum atomic E-state index is 2.55. The summed E-state index contributed by atoms with van der Waals surface area (Å²) in [6.07, 6.45) is 0. The van der Waals surface area contributed by atoms with E-state index in [1.54, 1.807) is 0 Å². The lowest BCUT2D eigenvalue weighted by molar-refractivity contribution is 0.420. The number of para-hydroxylation sites is 1. The second-order valence-corrected chi connectivity index (χ2v) is 10.1. The van der Waals surface area contributed by atoms with Crippen molar-refractivity contribution in [2.75, 3.05) is 31.7 Å². The molecule has 0 saturated carbocycles. The van der Waals surface area contributed by atoms with E-state index in [9.17, 15) is 0 Å². The number of hydrogen-bond acceptors (Lipinski definition) is 2. The van der Waals surface area contributed by atoms with E-state index in [-0.39, 0.29) is 0 Å². The van der Waals surface area contributed by atoms with Gasteiger partial charge in [-0.1, -0.05) is 97.9 Å². The first-order chi connectivity index (χ1) is 14.1. The number of hydrogen-bond donors (Lipinski definition) is 0. The molecule has 2 heteroatoms. The van der Waals surface area contributed by atoms with E-state index in [1.807, 2.05) is 0 Å². The molecule has 0 N–H and O–H groups in total. The van der Waals surface area contributed by atoms with Gasteiger partial charge in [-0.25, -0.2) is 0 Å². The molecule has 0 amide bonds. The molecule has 1 saturated heterocycles. The number of anilines is 1.